The van der Waals surface area contributed by atoms with Crippen molar-refractivity contribution in [3.8, 4) is 11.1 Å². The van der Waals surface area contributed by atoms with Gasteiger partial charge in [0.05, 0.1) is 5.41 Å². The van der Waals surface area contributed by atoms with E-state index in [0.717, 1.165) is 61.4 Å². The highest BCUT2D eigenvalue weighted by Gasteiger charge is 2.45. The van der Waals surface area contributed by atoms with E-state index in [1.807, 2.05) is 51.0 Å². The van der Waals surface area contributed by atoms with Gasteiger partial charge in [0.15, 0.2) is 0 Å². The van der Waals surface area contributed by atoms with Crippen LogP contribution in [0, 0.1) is 5.41 Å². The van der Waals surface area contributed by atoms with E-state index in [-0.39, 0.29) is 5.91 Å². The molecule has 1 unspecified atom stereocenters. The highest BCUT2D eigenvalue weighted by atomic mass is 16.2. The van der Waals surface area contributed by atoms with Gasteiger partial charge in [-0.25, -0.2) is 9.97 Å². The fourth-order valence-corrected chi connectivity index (χ4v) is 4.62. The molecule has 1 amide bonds. The number of carbonyl (C=O) groups excluding carboxylic acids is 1. The van der Waals surface area contributed by atoms with Gasteiger partial charge in [0.2, 0.25) is 5.91 Å². The normalized spacial score (nSPS) is 18.6. The molecule has 32 heavy (non-hydrogen) atoms. The summed E-state index contributed by atoms with van der Waals surface area (Å²) in [6, 6.07) is 12.6. The number of aryl methyl sites for hydroxylation is 1. The van der Waals surface area contributed by atoms with E-state index < -0.39 is 5.41 Å². The predicted molar refractivity (Wildman–Crippen MR) is 126 cm³/mol. The van der Waals surface area contributed by atoms with Crippen LogP contribution in [0.5, 0.6) is 0 Å². The minimum absolute atomic E-state index is 0.204. The smallest absolute Gasteiger partial charge is 0.229 e. The molecule has 1 saturated heterocycles. The number of carbonyl (C=O) groups is 1. The van der Waals surface area contributed by atoms with Crippen molar-refractivity contribution in [2.75, 3.05) is 27.2 Å². The summed E-state index contributed by atoms with van der Waals surface area (Å²) in [7, 11) is 3.72. The van der Waals surface area contributed by atoms with Gasteiger partial charge in [-0.2, -0.15) is 0 Å². The first kappa shape index (κ1) is 22.1. The Morgan fingerprint density at radius 2 is 1.66 bits per heavy atom. The number of hydrogen-bond acceptors (Lipinski definition) is 5. The lowest BCUT2D eigenvalue weighted by atomic mass is 9.79. The topological polar surface area (TPSA) is 62.2 Å². The average molecular weight is 430 g/mol. The Morgan fingerprint density at radius 3 is 2.28 bits per heavy atom. The maximum absolute atomic E-state index is 13.3. The van der Waals surface area contributed by atoms with Gasteiger partial charge in [-0.15, -0.1) is 0 Å². The highest BCUT2D eigenvalue weighted by Crippen LogP contribution is 2.37. The molecule has 0 N–H and O–H groups in total. The summed E-state index contributed by atoms with van der Waals surface area (Å²) in [5, 5.41) is 0. The number of likely N-dealkylation sites (tertiary alicyclic amines) is 1. The standard InChI is InChI=1S/C26H31N5O/c1-4-24-28-16-21(17-29-24)18-31-14-11-26(19-31,25(32)30(2)3)15-20-5-7-22(8-6-20)23-9-12-27-13-10-23/h5-10,12-13,16-17H,4,11,14-15,18-19H2,1-3H3. The van der Waals surface area contributed by atoms with Crippen molar-refractivity contribution < 1.29 is 4.79 Å². The fourth-order valence-electron chi connectivity index (χ4n) is 4.62. The molecule has 1 atom stereocenters. The van der Waals surface area contributed by atoms with Crippen LogP contribution < -0.4 is 0 Å². The molecule has 0 saturated carbocycles. The molecular weight excluding hydrogens is 398 g/mol. The fraction of sp³-hybridized carbons (Fsp3) is 0.385. The second kappa shape index (κ2) is 9.57. The van der Waals surface area contributed by atoms with E-state index in [0.29, 0.717) is 0 Å². The molecule has 1 aliphatic heterocycles. The molecular formula is C26H31N5O. The number of rotatable bonds is 7. The molecule has 4 rings (SSSR count). The number of pyridine rings is 1. The van der Waals surface area contributed by atoms with Crippen molar-refractivity contribution >= 4 is 5.91 Å². The van der Waals surface area contributed by atoms with Crippen LogP contribution in [-0.4, -0.2) is 57.8 Å². The van der Waals surface area contributed by atoms with Crippen LogP contribution >= 0.6 is 0 Å². The van der Waals surface area contributed by atoms with E-state index in [2.05, 4.69) is 51.0 Å². The van der Waals surface area contributed by atoms with Gasteiger partial charge in [-0.3, -0.25) is 14.7 Å². The largest absolute Gasteiger partial charge is 0.348 e. The monoisotopic (exact) mass is 429 g/mol. The lowest BCUT2D eigenvalue weighted by Crippen LogP contribution is -2.43. The Bertz CT molecular complexity index is 1030. The van der Waals surface area contributed by atoms with Crippen molar-refractivity contribution in [2.45, 2.75) is 32.7 Å². The van der Waals surface area contributed by atoms with Crippen LogP contribution in [-0.2, 0) is 24.2 Å². The SMILES string of the molecule is CCc1ncc(CN2CCC(Cc3ccc(-c4ccncc4)cc3)(C(=O)N(C)C)C2)cn1. The number of benzene rings is 1. The zero-order valence-electron chi connectivity index (χ0n) is 19.2. The number of amides is 1. The van der Waals surface area contributed by atoms with Crippen LogP contribution in [0.4, 0.5) is 0 Å². The summed E-state index contributed by atoms with van der Waals surface area (Å²) in [6.07, 6.45) is 9.87. The van der Waals surface area contributed by atoms with Gasteiger partial charge in [0.25, 0.3) is 0 Å². The Labute approximate surface area is 190 Å². The summed E-state index contributed by atoms with van der Waals surface area (Å²) in [6.45, 7) is 4.46. The van der Waals surface area contributed by atoms with E-state index in [1.54, 1.807) is 4.90 Å². The summed E-state index contributed by atoms with van der Waals surface area (Å²) in [5.74, 6) is 1.07. The molecule has 6 nitrogen and oxygen atoms in total. The summed E-state index contributed by atoms with van der Waals surface area (Å²) in [4.78, 5) is 30.4. The molecule has 2 aromatic heterocycles. The third-order valence-corrected chi connectivity index (χ3v) is 6.28. The van der Waals surface area contributed by atoms with E-state index in [1.165, 1.54) is 5.56 Å². The molecule has 1 fully saturated rings. The Morgan fingerprint density at radius 1 is 1.00 bits per heavy atom. The van der Waals surface area contributed by atoms with Crippen LogP contribution in [0.25, 0.3) is 11.1 Å². The van der Waals surface area contributed by atoms with Gasteiger partial charge in [0.1, 0.15) is 5.82 Å². The number of nitrogens with zero attached hydrogens (tertiary/aromatic N) is 5. The van der Waals surface area contributed by atoms with Crippen LogP contribution in [0.15, 0.2) is 61.2 Å². The lowest BCUT2D eigenvalue weighted by Gasteiger charge is -2.31. The molecule has 0 radical (unpaired) electrons. The first-order valence-corrected chi connectivity index (χ1v) is 11.2. The molecule has 1 aliphatic rings. The summed E-state index contributed by atoms with van der Waals surface area (Å²) in [5.41, 5.74) is 4.18. The van der Waals surface area contributed by atoms with Crippen molar-refractivity contribution in [3.05, 3.63) is 78.1 Å². The van der Waals surface area contributed by atoms with Crippen molar-refractivity contribution in [1.29, 1.82) is 0 Å². The molecule has 3 aromatic rings. The molecule has 0 spiro atoms. The van der Waals surface area contributed by atoms with Crippen molar-refractivity contribution in [3.63, 3.8) is 0 Å². The quantitative estimate of drug-likeness (QED) is 0.574. The average Bonchev–Trinajstić information content (AvgIpc) is 3.23. The Kier molecular flexibility index (Phi) is 6.61. The van der Waals surface area contributed by atoms with E-state index in [4.69, 9.17) is 0 Å². The molecule has 3 heterocycles. The van der Waals surface area contributed by atoms with Gasteiger partial charge in [-0.05, 0) is 48.2 Å². The van der Waals surface area contributed by atoms with Gasteiger partial charge in [-0.1, -0.05) is 31.2 Å². The first-order valence-electron chi connectivity index (χ1n) is 11.2. The summed E-state index contributed by atoms with van der Waals surface area (Å²) >= 11 is 0. The number of aromatic nitrogens is 3. The predicted octanol–water partition coefficient (Wildman–Crippen LogP) is 3.62. The minimum atomic E-state index is -0.411. The van der Waals surface area contributed by atoms with E-state index in [9.17, 15) is 4.79 Å². The zero-order valence-corrected chi connectivity index (χ0v) is 19.2. The molecule has 166 valence electrons. The zero-order chi connectivity index (χ0) is 22.6. The summed E-state index contributed by atoms with van der Waals surface area (Å²) < 4.78 is 0. The molecule has 0 bridgehead atoms. The second-order valence-electron chi connectivity index (χ2n) is 8.91. The molecule has 6 heteroatoms. The Hall–Kier alpha value is -3.12. The maximum atomic E-state index is 13.3. The highest BCUT2D eigenvalue weighted by molar-refractivity contribution is 5.83. The van der Waals surface area contributed by atoms with E-state index >= 15 is 0 Å². The van der Waals surface area contributed by atoms with Crippen LogP contribution in [0.2, 0.25) is 0 Å². The third kappa shape index (κ3) is 4.86. The van der Waals surface area contributed by atoms with Crippen LogP contribution in [0.1, 0.15) is 30.3 Å². The lowest BCUT2D eigenvalue weighted by molar-refractivity contribution is -0.138. The third-order valence-electron chi connectivity index (χ3n) is 6.28. The van der Waals surface area contributed by atoms with Crippen LogP contribution in [0.3, 0.4) is 0 Å². The second-order valence-corrected chi connectivity index (χ2v) is 8.91. The first-order chi connectivity index (χ1) is 15.5. The Balaban J connectivity index is 1.50. The number of hydrogen-bond donors (Lipinski definition) is 0. The van der Waals surface area contributed by atoms with Gasteiger partial charge >= 0.3 is 0 Å². The minimum Gasteiger partial charge on any atom is -0.348 e. The van der Waals surface area contributed by atoms with Crippen molar-refractivity contribution in [1.82, 2.24) is 24.8 Å². The molecule has 0 aliphatic carbocycles. The maximum Gasteiger partial charge on any atom is 0.229 e. The van der Waals surface area contributed by atoms with Crippen molar-refractivity contribution in [2.24, 2.45) is 5.41 Å². The van der Waals surface area contributed by atoms with Gasteiger partial charge in [0, 0.05) is 64.0 Å². The van der Waals surface area contributed by atoms with Gasteiger partial charge < -0.3 is 4.90 Å². The molecule has 1 aromatic carbocycles.